The van der Waals surface area contributed by atoms with E-state index in [1.54, 1.807) is 97.9 Å². The Kier molecular flexibility index (Phi) is 7.54. The average molecular weight is 476 g/mol. The van der Waals surface area contributed by atoms with Crippen LogP contribution in [0, 0.1) is 0 Å². The fraction of sp³-hybridized carbons (Fsp3) is 0.222. The summed E-state index contributed by atoms with van der Waals surface area (Å²) in [4.78, 5) is 38.5. The van der Waals surface area contributed by atoms with Gasteiger partial charge in [0.05, 0.1) is 22.8 Å². The largest absolute Gasteiger partial charge is 0.452 e. The normalized spacial score (nSPS) is 23.7. The highest BCUT2D eigenvalue weighted by atomic mass is 16.7. The van der Waals surface area contributed by atoms with Crippen molar-refractivity contribution in [1.82, 2.24) is 0 Å². The Hall–Kier alpha value is -4.01. The van der Waals surface area contributed by atoms with Crippen molar-refractivity contribution in [3.05, 3.63) is 108 Å². The minimum atomic E-state index is -1.63. The van der Waals surface area contributed by atoms with E-state index in [2.05, 4.69) is 0 Å². The number of carbonyl (C=O) groups is 3. The Balaban J connectivity index is 1.63. The average Bonchev–Trinajstić information content (AvgIpc) is 2.89. The van der Waals surface area contributed by atoms with Crippen LogP contribution in [-0.2, 0) is 18.9 Å². The molecule has 0 aliphatic carbocycles. The number of aliphatic hydroxyl groups is 1. The Morgan fingerprint density at radius 1 is 0.600 bits per heavy atom. The van der Waals surface area contributed by atoms with E-state index < -0.39 is 48.6 Å². The van der Waals surface area contributed by atoms with Crippen LogP contribution in [0.25, 0.3) is 0 Å². The molecule has 4 rings (SSSR count). The van der Waals surface area contributed by atoms with Gasteiger partial charge in [-0.15, -0.1) is 0 Å². The van der Waals surface area contributed by atoms with Crippen molar-refractivity contribution in [3.63, 3.8) is 0 Å². The van der Waals surface area contributed by atoms with Gasteiger partial charge in [0.25, 0.3) is 0 Å². The van der Waals surface area contributed by atoms with Crippen LogP contribution in [0.15, 0.2) is 91.0 Å². The first-order valence-electron chi connectivity index (χ1n) is 11.1. The van der Waals surface area contributed by atoms with Gasteiger partial charge < -0.3 is 24.1 Å². The van der Waals surface area contributed by atoms with Crippen LogP contribution in [-0.4, -0.2) is 53.7 Å². The maximum atomic E-state index is 12.9. The predicted octanol–water partition coefficient (Wildman–Crippen LogP) is 3.40. The lowest BCUT2D eigenvalue weighted by Crippen LogP contribution is -2.60. The molecule has 1 saturated heterocycles. The Bertz CT molecular complexity index is 1080. The zero-order valence-electron chi connectivity index (χ0n) is 18.9. The van der Waals surface area contributed by atoms with Crippen molar-refractivity contribution in [2.75, 3.05) is 0 Å². The van der Waals surface area contributed by atoms with Gasteiger partial charge in [-0.2, -0.15) is 0 Å². The summed E-state index contributed by atoms with van der Waals surface area (Å²) < 4.78 is 22.4. The van der Waals surface area contributed by atoms with E-state index in [0.29, 0.717) is 0 Å². The van der Waals surface area contributed by atoms with Gasteiger partial charge in [-0.25, -0.2) is 14.4 Å². The van der Waals surface area contributed by atoms with Crippen LogP contribution in [0.2, 0.25) is 0 Å². The molecule has 8 heteroatoms. The first-order chi connectivity index (χ1) is 16.9. The lowest BCUT2D eigenvalue weighted by molar-refractivity contribution is -0.275. The van der Waals surface area contributed by atoms with Crippen molar-refractivity contribution >= 4 is 17.9 Å². The second-order valence-electron chi connectivity index (χ2n) is 7.94. The number of carbonyl (C=O) groups excluding carboxylic acids is 3. The Morgan fingerprint density at radius 2 is 0.943 bits per heavy atom. The third-order valence-electron chi connectivity index (χ3n) is 5.50. The maximum Gasteiger partial charge on any atom is 0.338 e. The van der Waals surface area contributed by atoms with E-state index in [1.165, 1.54) is 0 Å². The summed E-state index contributed by atoms with van der Waals surface area (Å²) >= 11 is 0. The maximum absolute atomic E-state index is 12.9. The highest BCUT2D eigenvalue weighted by molar-refractivity contribution is 5.91. The molecular formula is C27H24O8. The summed E-state index contributed by atoms with van der Waals surface area (Å²) in [5, 5.41) is 10.6. The molecule has 0 spiro atoms. The van der Waals surface area contributed by atoms with Crippen molar-refractivity contribution in [1.29, 1.82) is 0 Å². The lowest BCUT2D eigenvalue weighted by atomic mass is 9.98. The molecule has 3 aromatic carbocycles. The smallest absolute Gasteiger partial charge is 0.338 e. The van der Waals surface area contributed by atoms with Gasteiger partial charge in [0.1, 0.15) is 0 Å². The number of esters is 3. The minimum Gasteiger partial charge on any atom is -0.452 e. The molecule has 1 aliphatic heterocycles. The van der Waals surface area contributed by atoms with E-state index in [4.69, 9.17) is 18.9 Å². The number of benzene rings is 3. The van der Waals surface area contributed by atoms with Gasteiger partial charge in [-0.05, 0) is 43.3 Å². The third-order valence-corrected chi connectivity index (χ3v) is 5.50. The summed E-state index contributed by atoms with van der Waals surface area (Å²) in [6, 6.07) is 24.6. The topological polar surface area (TPSA) is 108 Å². The zero-order valence-corrected chi connectivity index (χ0v) is 18.9. The molecule has 1 aliphatic rings. The second kappa shape index (κ2) is 10.9. The van der Waals surface area contributed by atoms with Gasteiger partial charge in [0.2, 0.25) is 0 Å². The van der Waals surface area contributed by atoms with Crippen molar-refractivity contribution in [3.8, 4) is 0 Å². The molecule has 0 amide bonds. The second-order valence-corrected chi connectivity index (χ2v) is 7.94. The van der Waals surface area contributed by atoms with Crippen LogP contribution in [0.4, 0.5) is 0 Å². The number of rotatable bonds is 6. The standard InChI is InChI=1S/C27H24O8/c1-17-21(33-24(28)18-11-5-2-6-12-18)22(34-25(29)19-13-7-3-8-14-19)23(27(31)32-17)35-26(30)20-15-9-4-10-16-20/h2-17,21-23,27,31H,1H3/t17?,21-,22-,23?,27?/m0/s1. The Labute approximate surface area is 202 Å². The molecule has 1 fully saturated rings. The minimum absolute atomic E-state index is 0.226. The van der Waals surface area contributed by atoms with Crippen molar-refractivity contribution in [2.24, 2.45) is 0 Å². The number of aliphatic hydroxyl groups excluding tert-OH is 1. The molecule has 0 bridgehead atoms. The SMILES string of the molecule is CC1OC(O)C(OC(=O)c2ccccc2)[C@@H](OC(=O)c2ccccc2)[C@H]1OC(=O)c1ccccc1. The van der Waals surface area contributed by atoms with Gasteiger partial charge in [-0.1, -0.05) is 54.6 Å². The van der Waals surface area contributed by atoms with E-state index in [-0.39, 0.29) is 16.7 Å². The highest BCUT2D eigenvalue weighted by Crippen LogP contribution is 2.29. The lowest BCUT2D eigenvalue weighted by Gasteiger charge is -2.42. The number of ether oxygens (including phenoxy) is 4. The summed E-state index contributed by atoms with van der Waals surface area (Å²) in [7, 11) is 0. The van der Waals surface area contributed by atoms with Crippen LogP contribution in [0.1, 0.15) is 38.0 Å². The van der Waals surface area contributed by atoms with Gasteiger partial charge in [0.15, 0.2) is 24.6 Å². The molecule has 3 aromatic rings. The Morgan fingerprint density at radius 3 is 1.34 bits per heavy atom. The fourth-order valence-electron chi connectivity index (χ4n) is 3.71. The monoisotopic (exact) mass is 476 g/mol. The summed E-state index contributed by atoms with van der Waals surface area (Å²) in [5.74, 6) is -2.18. The van der Waals surface area contributed by atoms with Gasteiger partial charge in [0, 0.05) is 0 Å². The van der Waals surface area contributed by atoms with E-state index in [0.717, 1.165) is 0 Å². The summed E-state index contributed by atoms with van der Waals surface area (Å²) in [6.45, 7) is 1.56. The van der Waals surface area contributed by atoms with Gasteiger partial charge in [-0.3, -0.25) is 0 Å². The number of hydrogen-bond acceptors (Lipinski definition) is 8. The van der Waals surface area contributed by atoms with E-state index in [1.807, 2.05) is 0 Å². The summed E-state index contributed by atoms with van der Waals surface area (Å²) in [6.07, 6.45) is -6.48. The van der Waals surface area contributed by atoms with Crippen LogP contribution < -0.4 is 0 Å². The van der Waals surface area contributed by atoms with E-state index in [9.17, 15) is 19.5 Å². The first-order valence-corrected chi connectivity index (χ1v) is 11.1. The van der Waals surface area contributed by atoms with E-state index >= 15 is 0 Å². The molecule has 8 nitrogen and oxygen atoms in total. The third kappa shape index (κ3) is 5.74. The molecule has 1 heterocycles. The molecule has 0 saturated carbocycles. The first kappa shape index (κ1) is 24.1. The van der Waals surface area contributed by atoms with Crippen LogP contribution >= 0.6 is 0 Å². The van der Waals surface area contributed by atoms with Gasteiger partial charge >= 0.3 is 17.9 Å². The van der Waals surface area contributed by atoms with Crippen LogP contribution in [0.3, 0.4) is 0 Å². The fourth-order valence-corrected chi connectivity index (χ4v) is 3.71. The zero-order chi connectivity index (χ0) is 24.8. The molecule has 0 aromatic heterocycles. The predicted molar refractivity (Wildman–Crippen MR) is 123 cm³/mol. The number of hydrogen-bond donors (Lipinski definition) is 1. The molecule has 5 atom stereocenters. The molecular weight excluding hydrogens is 452 g/mol. The molecule has 1 N–H and O–H groups in total. The van der Waals surface area contributed by atoms with Crippen molar-refractivity contribution in [2.45, 2.75) is 37.6 Å². The molecule has 35 heavy (non-hydrogen) atoms. The molecule has 180 valence electrons. The van der Waals surface area contributed by atoms with Crippen LogP contribution in [0.5, 0.6) is 0 Å². The molecule has 3 unspecified atom stereocenters. The quantitative estimate of drug-likeness (QED) is 0.426. The van der Waals surface area contributed by atoms with Crippen molar-refractivity contribution < 1.29 is 38.4 Å². The molecule has 0 radical (unpaired) electrons. The highest BCUT2D eigenvalue weighted by Gasteiger charge is 2.50. The summed E-state index contributed by atoms with van der Waals surface area (Å²) in [5.41, 5.74) is 0.739.